The van der Waals surface area contributed by atoms with Gasteiger partial charge in [0, 0.05) is 5.97 Å². The van der Waals surface area contributed by atoms with Crippen LogP contribution in [-0.2, 0) is 31.0 Å². The van der Waals surface area contributed by atoms with E-state index in [9.17, 15) is 9.90 Å². The molecule has 0 heterocycles. The van der Waals surface area contributed by atoms with Crippen molar-refractivity contribution >= 4 is 5.97 Å². The van der Waals surface area contributed by atoms with Crippen LogP contribution in [0, 0.1) is 0 Å². The first-order chi connectivity index (χ1) is 4.77. The zero-order chi connectivity index (χ0) is 7.82. The molecule has 0 unspecified atom stereocenters. The molecule has 0 radical (unpaired) electrons. The maximum atomic E-state index is 9.92. The second kappa shape index (κ2) is 10.4. The fraction of sp³-hybridized carbons (Fsp3) is 0.875. The Labute approximate surface area is 87.5 Å². The predicted molar refractivity (Wildman–Crippen MR) is 38.4 cm³/mol. The Morgan fingerprint density at radius 1 is 1.18 bits per heavy atom. The number of unbranched alkanes of at least 4 members (excludes halogenated alkanes) is 4. The van der Waals surface area contributed by atoms with Gasteiger partial charge in [0.25, 0.3) is 0 Å². The number of carboxylic acids is 1. The van der Waals surface area contributed by atoms with E-state index >= 15 is 0 Å². The predicted octanol–water partition coefficient (Wildman–Crippen LogP) is 1.09. The van der Waals surface area contributed by atoms with Crippen molar-refractivity contribution in [1.29, 1.82) is 0 Å². The summed E-state index contributed by atoms with van der Waals surface area (Å²) >= 11 is 0. The average Bonchev–Trinajstić information content (AvgIpc) is 1.87. The van der Waals surface area contributed by atoms with Crippen LogP contribution in [-0.4, -0.2) is 5.97 Å². The van der Waals surface area contributed by atoms with Crippen LogP contribution >= 0.6 is 0 Å². The zero-order valence-corrected chi connectivity index (χ0v) is 9.52. The third-order valence-electron chi connectivity index (χ3n) is 1.48. The fourth-order valence-corrected chi connectivity index (χ4v) is 0.873. The molecule has 0 amide bonds. The SMILES string of the molecule is CCCCCCCC(=O)[O-].[Zr+2]. The summed E-state index contributed by atoms with van der Waals surface area (Å²) in [6.45, 7) is 2.14. The molecular weight excluding hydrogens is 219 g/mol. The molecule has 0 aromatic carbocycles. The van der Waals surface area contributed by atoms with Crippen molar-refractivity contribution in [3.63, 3.8) is 0 Å². The third kappa shape index (κ3) is 13.4. The quantitative estimate of drug-likeness (QED) is 0.646. The van der Waals surface area contributed by atoms with Crippen molar-refractivity contribution in [3.8, 4) is 0 Å². The molecule has 3 heteroatoms. The Kier molecular flexibility index (Phi) is 13.1. The van der Waals surface area contributed by atoms with Crippen molar-refractivity contribution in [1.82, 2.24) is 0 Å². The molecule has 0 spiro atoms. The fourth-order valence-electron chi connectivity index (χ4n) is 0.873. The molecule has 11 heavy (non-hydrogen) atoms. The topological polar surface area (TPSA) is 40.1 Å². The Bertz CT molecular complexity index is 94.1. The van der Waals surface area contributed by atoms with E-state index in [1.807, 2.05) is 0 Å². The van der Waals surface area contributed by atoms with Gasteiger partial charge in [0.1, 0.15) is 0 Å². The van der Waals surface area contributed by atoms with Gasteiger partial charge in [0.15, 0.2) is 0 Å². The molecular formula is C8H15O2Zr+. The third-order valence-corrected chi connectivity index (χ3v) is 1.48. The Morgan fingerprint density at radius 3 is 2.18 bits per heavy atom. The minimum absolute atomic E-state index is 0. The molecule has 2 nitrogen and oxygen atoms in total. The molecule has 62 valence electrons. The average molecular weight is 234 g/mol. The number of hydrogen-bond acceptors (Lipinski definition) is 2. The van der Waals surface area contributed by atoms with Crippen LogP contribution in [0.4, 0.5) is 0 Å². The monoisotopic (exact) mass is 233 g/mol. The summed E-state index contributed by atoms with van der Waals surface area (Å²) in [6.07, 6.45) is 5.61. The van der Waals surface area contributed by atoms with E-state index in [2.05, 4.69) is 6.92 Å². The van der Waals surface area contributed by atoms with E-state index in [0.717, 1.165) is 19.3 Å². The second-order valence-electron chi connectivity index (χ2n) is 2.54. The Hall–Kier alpha value is 0.353. The summed E-state index contributed by atoms with van der Waals surface area (Å²) in [4.78, 5) is 9.92. The van der Waals surface area contributed by atoms with Gasteiger partial charge in [-0.2, -0.15) is 0 Å². The maximum absolute atomic E-state index is 9.92. The van der Waals surface area contributed by atoms with Gasteiger partial charge in [0.05, 0.1) is 0 Å². The largest absolute Gasteiger partial charge is 2.00 e. The van der Waals surface area contributed by atoms with Gasteiger partial charge in [0.2, 0.25) is 0 Å². The summed E-state index contributed by atoms with van der Waals surface area (Å²) < 4.78 is 0. The molecule has 0 aliphatic heterocycles. The molecule has 0 bridgehead atoms. The van der Waals surface area contributed by atoms with Crippen molar-refractivity contribution in [3.05, 3.63) is 0 Å². The number of aliphatic carboxylic acids is 1. The van der Waals surface area contributed by atoms with E-state index in [4.69, 9.17) is 0 Å². The zero-order valence-electron chi connectivity index (χ0n) is 7.06. The minimum Gasteiger partial charge on any atom is -0.550 e. The summed E-state index contributed by atoms with van der Waals surface area (Å²) in [5.41, 5.74) is 0. The summed E-state index contributed by atoms with van der Waals surface area (Å²) in [7, 11) is 0. The van der Waals surface area contributed by atoms with E-state index in [1.165, 1.54) is 12.8 Å². The van der Waals surface area contributed by atoms with E-state index in [1.54, 1.807) is 0 Å². The number of rotatable bonds is 6. The van der Waals surface area contributed by atoms with Crippen molar-refractivity contribution in [2.45, 2.75) is 45.4 Å². The molecule has 0 atom stereocenters. The molecule has 0 aromatic rings. The smallest absolute Gasteiger partial charge is 0.550 e. The van der Waals surface area contributed by atoms with Crippen LogP contribution in [0.25, 0.3) is 0 Å². The Morgan fingerprint density at radius 2 is 1.73 bits per heavy atom. The summed E-state index contributed by atoms with van der Waals surface area (Å²) in [5.74, 6) is -0.920. The van der Waals surface area contributed by atoms with Gasteiger partial charge in [-0.15, -0.1) is 0 Å². The van der Waals surface area contributed by atoms with Gasteiger partial charge >= 0.3 is 26.2 Å². The number of carbonyl (C=O) groups excluding carboxylic acids is 1. The van der Waals surface area contributed by atoms with Crippen LogP contribution in [0.3, 0.4) is 0 Å². The van der Waals surface area contributed by atoms with Gasteiger partial charge in [-0.1, -0.05) is 32.6 Å². The van der Waals surface area contributed by atoms with Crippen LogP contribution in [0.5, 0.6) is 0 Å². The van der Waals surface area contributed by atoms with Crippen LogP contribution < -0.4 is 5.11 Å². The van der Waals surface area contributed by atoms with Crippen LogP contribution in [0.15, 0.2) is 0 Å². The van der Waals surface area contributed by atoms with E-state index in [0.29, 0.717) is 0 Å². The molecule has 0 N–H and O–H groups in total. The molecule has 0 saturated heterocycles. The van der Waals surface area contributed by atoms with Gasteiger partial charge < -0.3 is 9.90 Å². The Balaban J connectivity index is 0. The van der Waals surface area contributed by atoms with Crippen molar-refractivity contribution < 1.29 is 36.1 Å². The van der Waals surface area contributed by atoms with Crippen molar-refractivity contribution in [2.75, 3.05) is 0 Å². The summed E-state index contributed by atoms with van der Waals surface area (Å²) in [5, 5.41) is 9.92. The number of hydrogen-bond donors (Lipinski definition) is 0. The first-order valence-electron chi connectivity index (χ1n) is 3.97. The minimum atomic E-state index is -0.920. The van der Waals surface area contributed by atoms with Crippen LogP contribution in [0.1, 0.15) is 45.4 Å². The van der Waals surface area contributed by atoms with Gasteiger partial charge in [-0.3, -0.25) is 0 Å². The summed E-state index contributed by atoms with van der Waals surface area (Å²) in [6, 6.07) is 0. The van der Waals surface area contributed by atoms with Crippen LogP contribution in [0.2, 0.25) is 0 Å². The van der Waals surface area contributed by atoms with Gasteiger partial charge in [-0.25, -0.2) is 0 Å². The van der Waals surface area contributed by atoms with Crippen molar-refractivity contribution in [2.24, 2.45) is 0 Å². The first kappa shape index (κ1) is 13.9. The molecule has 0 saturated carbocycles. The maximum Gasteiger partial charge on any atom is 2.00 e. The standard InChI is InChI=1S/C8H16O2.Zr/c1-2-3-4-5-6-7-8(9)10;/h2-7H2,1H3,(H,9,10);/q;+2/p-1. The van der Waals surface area contributed by atoms with Gasteiger partial charge in [-0.05, 0) is 12.8 Å². The van der Waals surface area contributed by atoms with E-state index in [-0.39, 0.29) is 32.6 Å². The molecule has 0 aromatic heterocycles. The van der Waals surface area contributed by atoms with E-state index < -0.39 is 5.97 Å². The molecule has 0 aliphatic rings. The number of carbonyl (C=O) groups is 1. The molecule has 0 rings (SSSR count). The normalized spacial score (nSPS) is 8.82. The number of carboxylic acid groups (broad SMARTS) is 1. The molecule has 0 fully saturated rings. The second-order valence-corrected chi connectivity index (χ2v) is 2.54. The molecule has 0 aliphatic carbocycles. The first-order valence-corrected chi connectivity index (χ1v) is 3.97.